The Morgan fingerprint density at radius 3 is 3.00 bits per heavy atom. The molecule has 5 nitrogen and oxygen atoms in total. The summed E-state index contributed by atoms with van der Waals surface area (Å²) in [5.74, 6) is 0.746. The number of hydrogen-bond acceptors (Lipinski definition) is 3. The van der Waals surface area contributed by atoms with E-state index in [0.29, 0.717) is 6.54 Å². The van der Waals surface area contributed by atoms with Crippen molar-refractivity contribution in [3.05, 3.63) is 29.3 Å². The highest BCUT2D eigenvalue weighted by atomic mass is 16.5. The van der Waals surface area contributed by atoms with Crippen LogP contribution in [0.3, 0.4) is 0 Å². The standard InChI is InChI=1S/C13H14N2O3/c16-12-8-15(13(17)14-12)5-3-9-1-2-11-10(7-9)4-6-18-11/h1-2,7H,3-6,8H2,(H,14,16,17). The number of nitrogens with one attached hydrogen (secondary N) is 1. The first-order valence-electron chi connectivity index (χ1n) is 6.06. The molecule has 2 heterocycles. The van der Waals surface area contributed by atoms with Crippen LogP contribution in [0.25, 0.3) is 0 Å². The van der Waals surface area contributed by atoms with Crippen molar-refractivity contribution in [1.82, 2.24) is 10.2 Å². The van der Waals surface area contributed by atoms with Gasteiger partial charge < -0.3 is 9.64 Å². The molecule has 0 unspecified atom stereocenters. The Labute approximate surface area is 105 Å². The number of carbonyl (C=O) groups excluding carboxylic acids is 2. The molecular formula is C13H14N2O3. The first-order valence-corrected chi connectivity index (χ1v) is 6.06. The fourth-order valence-electron chi connectivity index (χ4n) is 2.32. The topological polar surface area (TPSA) is 58.6 Å². The molecule has 1 aromatic rings. The van der Waals surface area contributed by atoms with Gasteiger partial charge in [-0.05, 0) is 23.6 Å². The van der Waals surface area contributed by atoms with Gasteiger partial charge >= 0.3 is 6.03 Å². The molecule has 0 aliphatic carbocycles. The number of fused-ring (bicyclic) bond motifs is 1. The van der Waals surface area contributed by atoms with E-state index in [9.17, 15) is 9.59 Å². The quantitative estimate of drug-likeness (QED) is 0.799. The number of ether oxygens (including phenoxy) is 1. The molecule has 0 radical (unpaired) electrons. The number of imide groups is 1. The van der Waals surface area contributed by atoms with Crippen molar-refractivity contribution < 1.29 is 14.3 Å². The molecule has 3 rings (SSSR count). The molecule has 3 amide bonds. The van der Waals surface area contributed by atoms with Crippen LogP contribution in [0.5, 0.6) is 5.75 Å². The number of benzene rings is 1. The molecule has 18 heavy (non-hydrogen) atoms. The largest absolute Gasteiger partial charge is 0.493 e. The second-order valence-electron chi connectivity index (χ2n) is 4.57. The molecule has 2 aliphatic heterocycles. The first kappa shape index (κ1) is 11.1. The third-order valence-corrected chi connectivity index (χ3v) is 3.29. The summed E-state index contributed by atoms with van der Waals surface area (Å²) in [6, 6.07) is 5.83. The summed E-state index contributed by atoms with van der Waals surface area (Å²) in [6.45, 7) is 1.49. The molecule has 0 atom stereocenters. The highest BCUT2D eigenvalue weighted by Crippen LogP contribution is 2.26. The second-order valence-corrected chi connectivity index (χ2v) is 4.57. The van der Waals surface area contributed by atoms with Gasteiger partial charge in [-0.2, -0.15) is 0 Å². The van der Waals surface area contributed by atoms with E-state index in [1.54, 1.807) is 0 Å². The molecule has 94 valence electrons. The van der Waals surface area contributed by atoms with Crippen molar-refractivity contribution in [3.63, 3.8) is 0 Å². The van der Waals surface area contributed by atoms with E-state index >= 15 is 0 Å². The van der Waals surface area contributed by atoms with Gasteiger partial charge in [0.15, 0.2) is 0 Å². The maximum atomic E-state index is 11.4. The minimum Gasteiger partial charge on any atom is -0.493 e. The number of urea groups is 1. The third-order valence-electron chi connectivity index (χ3n) is 3.29. The molecule has 5 heteroatoms. The lowest BCUT2D eigenvalue weighted by Crippen LogP contribution is -2.30. The zero-order valence-corrected chi connectivity index (χ0v) is 9.94. The average Bonchev–Trinajstić information content (AvgIpc) is 2.92. The molecule has 0 spiro atoms. The predicted molar refractivity (Wildman–Crippen MR) is 64.5 cm³/mol. The lowest BCUT2D eigenvalue weighted by molar-refractivity contribution is -0.118. The molecule has 2 aliphatic rings. The van der Waals surface area contributed by atoms with Crippen molar-refractivity contribution in [1.29, 1.82) is 0 Å². The molecule has 1 aromatic carbocycles. The Balaban J connectivity index is 1.63. The number of rotatable bonds is 3. The molecule has 1 fully saturated rings. The molecule has 0 saturated carbocycles. The fourth-order valence-corrected chi connectivity index (χ4v) is 2.32. The Morgan fingerprint density at radius 2 is 2.22 bits per heavy atom. The maximum absolute atomic E-state index is 11.4. The van der Waals surface area contributed by atoms with Gasteiger partial charge in [-0.15, -0.1) is 0 Å². The normalized spacial score (nSPS) is 17.7. The number of carbonyl (C=O) groups is 2. The van der Waals surface area contributed by atoms with Gasteiger partial charge in [0.25, 0.3) is 0 Å². The lowest BCUT2D eigenvalue weighted by atomic mass is 10.1. The Kier molecular flexibility index (Phi) is 2.66. The van der Waals surface area contributed by atoms with E-state index in [4.69, 9.17) is 4.74 Å². The van der Waals surface area contributed by atoms with E-state index in [0.717, 1.165) is 25.2 Å². The molecule has 0 bridgehead atoms. The van der Waals surface area contributed by atoms with Crippen LogP contribution in [0.2, 0.25) is 0 Å². The van der Waals surface area contributed by atoms with Gasteiger partial charge in [0.2, 0.25) is 5.91 Å². The van der Waals surface area contributed by atoms with Gasteiger partial charge in [0, 0.05) is 13.0 Å². The summed E-state index contributed by atoms with van der Waals surface area (Å²) >= 11 is 0. The highest BCUT2D eigenvalue weighted by molar-refractivity contribution is 6.01. The van der Waals surface area contributed by atoms with Gasteiger partial charge in [-0.1, -0.05) is 12.1 Å². The first-order chi connectivity index (χ1) is 8.72. The summed E-state index contributed by atoms with van der Waals surface area (Å²) in [4.78, 5) is 23.9. The molecule has 1 saturated heterocycles. The van der Waals surface area contributed by atoms with E-state index in [-0.39, 0.29) is 18.5 Å². The second kappa shape index (κ2) is 4.33. The van der Waals surface area contributed by atoms with Crippen LogP contribution >= 0.6 is 0 Å². The van der Waals surface area contributed by atoms with Crippen molar-refractivity contribution in [2.24, 2.45) is 0 Å². The van der Waals surface area contributed by atoms with Crippen molar-refractivity contribution in [2.75, 3.05) is 19.7 Å². The molecular weight excluding hydrogens is 232 g/mol. The van der Waals surface area contributed by atoms with Gasteiger partial charge in [-0.25, -0.2) is 4.79 Å². The van der Waals surface area contributed by atoms with Crippen LogP contribution in [-0.2, 0) is 17.6 Å². The zero-order chi connectivity index (χ0) is 12.5. The lowest BCUT2D eigenvalue weighted by Gasteiger charge is -2.13. The Bertz CT molecular complexity index is 513. The molecule has 0 aromatic heterocycles. The van der Waals surface area contributed by atoms with Crippen LogP contribution in [-0.4, -0.2) is 36.5 Å². The van der Waals surface area contributed by atoms with Crippen LogP contribution in [0, 0.1) is 0 Å². The minimum absolute atomic E-state index is 0.173. The van der Waals surface area contributed by atoms with Gasteiger partial charge in [0.05, 0.1) is 6.61 Å². The Hall–Kier alpha value is -2.04. The SMILES string of the molecule is O=C1CN(CCc2ccc3c(c2)CCO3)C(=O)N1. The third kappa shape index (κ3) is 2.03. The van der Waals surface area contributed by atoms with E-state index in [2.05, 4.69) is 11.4 Å². The van der Waals surface area contributed by atoms with Crippen molar-refractivity contribution >= 4 is 11.9 Å². The van der Waals surface area contributed by atoms with Crippen molar-refractivity contribution in [2.45, 2.75) is 12.8 Å². The number of hydrogen-bond donors (Lipinski definition) is 1. The highest BCUT2D eigenvalue weighted by Gasteiger charge is 2.26. The van der Waals surface area contributed by atoms with Crippen LogP contribution in [0.1, 0.15) is 11.1 Å². The summed E-state index contributed by atoms with van der Waals surface area (Å²) < 4.78 is 5.44. The van der Waals surface area contributed by atoms with Crippen LogP contribution < -0.4 is 10.1 Å². The van der Waals surface area contributed by atoms with Crippen LogP contribution in [0.15, 0.2) is 18.2 Å². The minimum atomic E-state index is -0.288. The average molecular weight is 246 g/mol. The fraction of sp³-hybridized carbons (Fsp3) is 0.385. The summed E-state index contributed by atoms with van der Waals surface area (Å²) in [5.41, 5.74) is 2.40. The summed E-state index contributed by atoms with van der Waals surface area (Å²) in [5, 5.41) is 2.27. The van der Waals surface area contributed by atoms with Gasteiger partial charge in [0.1, 0.15) is 12.3 Å². The van der Waals surface area contributed by atoms with Crippen molar-refractivity contribution in [3.8, 4) is 5.75 Å². The smallest absolute Gasteiger partial charge is 0.324 e. The van der Waals surface area contributed by atoms with E-state index in [1.807, 2.05) is 12.1 Å². The molecule has 1 N–H and O–H groups in total. The number of nitrogens with zero attached hydrogens (tertiary/aromatic N) is 1. The maximum Gasteiger partial charge on any atom is 0.324 e. The zero-order valence-electron chi connectivity index (χ0n) is 9.94. The monoisotopic (exact) mass is 246 g/mol. The van der Waals surface area contributed by atoms with Gasteiger partial charge in [-0.3, -0.25) is 10.1 Å². The number of amides is 3. The Morgan fingerprint density at radius 1 is 1.33 bits per heavy atom. The van der Waals surface area contributed by atoms with E-state index < -0.39 is 0 Å². The summed E-state index contributed by atoms with van der Waals surface area (Å²) in [7, 11) is 0. The summed E-state index contributed by atoms with van der Waals surface area (Å²) in [6.07, 6.45) is 1.71. The predicted octanol–water partition coefficient (Wildman–Crippen LogP) is 0.716. The van der Waals surface area contributed by atoms with Crippen LogP contribution in [0.4, 0.5) is 4.79 Å². The van der Waals surface area contributed by atoms with E-state index in [1.165, 1.54) is 16.0 Å².